The van der Waals surface area contributed by atoms with E-state index in [0.29, 0.717) is 5.75 Å². The largest absolute Gasteiger partial charge is 0.480 e. The van der Waals surface area contributed by atoms with E-state index in [2.05, 4.69) is 11.9 Å². The Morgan fingerprint density at radius 2 is 1.90 bits per heavy atom. The number of nitrogens with two attached hydrogens (primary N) is 1. The van der Waals surface area contributed by atoms with Crippen molar-refractivity contribution >= 4 is 39.4 Å². The molecule has 0 aliphatic rings. The molecule has 0 aliphatic carbocycles. The molecule has 0 aliphatic heterocycles. The van der Waals surface area contributed by atoms with Gasteiger partial charge in [-0.15, -0.1) is 6.58 Å². The van der Waals surface area contributed by atoms with E-state index in [1.807, 2.05) is 0 Å². The quantitative estimate of drug-likeness (QED) is 0.243. The standard InChI is InChI=1S/C11H18N2O5S2/c1-2-5-19-20-6-8(11(17)18)13-9(14)4-3-7(12)10(15)16/h2,7-8H,1,3-6,12H2,(H,13,14)(H,15,16)(H,17,18)/t7-,8-/m0/s1. The van der Waals surface area contributed by atoms with E-state index in [-0.39, 0.29) is 18.6 Å². The molecule has 0 unspecified atom stereocenters. The van der Waals surface area contributed by atoms with E-state index in [9.17, 15) is 14.4 Å². The van der Waals surface area contributed by atoms with Gasteiger partial charge in [-0.2, -0.15) is 0 Å². The topological polar surface area (TPSA) is 130 Å². The fraction of sp³-hybridized carbons (Fsp3) is 0.545. The van der Waals surface area contributed by atoms with Crippen molar-refractivity contribution in [3.63, 3.8) is 0 Å². The number of nitrogens with one attached hydrogen (secondary N) is 1. The fourth-order valence-corrected chi connectivity index (χ4v) is 2.99. The summed E-state index contributed by atoms with van der Waals surface area (Å²) in [5, 5.41) is 19.9. The zero-order valence-corrected chi connectivity index (χ0v) is 12.4. The molecular weight excluding hydrogens is 304 g/mol. The van der Waals surface area contributed by atoms with Crippen LogP contribution in [-0.4, -0.2) is 51.6 Å². The van der Waals surface area contributed by atoms with Crippen LogP contribution in [0.25, 0.3) is 0 Å². The lowest BCUT2D eigenvalue weighted by atomic mass is 10.1. The molecule has 114 valence electrons. The van der Waals surface area contributed by atoms with Crippen LogP contribution < -0.4 is 11.1 Å². The average Bonchev–Trinajstić information content (AvgIpc) is 2.39. The maximum absolute atomic E-state index is 11.5. The molecule has 0 saturated heterocycles. The first-order valence-electron chi connectivity index (χ1n) is 5.74. The van der Waals surface area contributed by atoms with Gasteiger partial charge in [0.05, 0.1) is 0 Å². The lowest BCUT2D eigenvalue weighted by molar-refractivity contribution is -0.141. The van der Waals surface area contributed by atoms with Crippen LogP contribution in [0.5, 0.6) is 0 Å². The van der Waals surface area contributed by atoms with Crippen LogP contribution in [0.3, 0.4) is 0 Å². The van der Waals surface area contributed by atoms with E-state index in [0.717, 1.165) is 0 Å². The van der Waals surface area contributed by atoms with Crippen molar-refractivity contribution in [1.29, 1.82) is 0 Å². The van der Waals surface area contributed by atoms with Gasteiger partial charge in [-0.1, -0.05) is 27.7 Å². The second-order valence-electron chi connectivity index (χ2n) is 3.80. The van der Waals surface area contributed by atoms with Gasteiger partial charge >= 0.3 is 11.9 Å². The molecule has 0 rings (SSSR count). The molecule has 0 aromatic rings. The van der Waals surface area contributed by atoms with Gasteiger partial charge in [0.2, 0.25) is 5.91 Å². The molecule has 20 heavy (non-hydrogen) atoms. The number of amides is 1. The van der Waals surface area contributed by atoms with Crippen LogP contribution in [0.15, 0.2) is 12.7 Å². The van der Waals surface area contributed by atoms with Crippen molar-refractivity contribution in [2.45, 2.75) is 24.9 Å². The highest BCUT2D eigenvalue weighted by Gasteiger charge is 2.21. The van der Waals surface area contributed by atoms with Crippen molar-refractivity contribution < 1.29 is 24.6 Å². The van der Waals surface area contributed by atoms with Gasteiger partial charge in [0.1, 0.15) is 12.1 Å². The lowest BCUT2D eigenvalue weighted by Crippen LogP contribution is -2.43. The van der Waals surface area contributed by atoms with Gasteiger partial charge < -0.3 is 21.3 Å². The summed E-state index contributed by atoms with van der Waals surface area (Å²) in [6.07, 6.45) is 1.53. The number of carboxylic acids is 2. The molecule has 0 aromatic heterocycles. The Morgan fingerprint density at radius 3 is 2.40 bits per heavy atom. The van der Waals surface area contributed by atoms with E-state index in [4.69, 9.17) is 15.9 Å². The number of hydrogen-bond acceptors (Lipinski definition) is 6. The minimum atomic E-state index is -1.19. The first-order chi connectivity index (χ1) is 9.38. The summed E-state index contributed by atoms with van der Waals surface area (Å²) in [7, 11) is 2.75. The van der Waals surface area contributed by atoms with Crippen LogP contribution in [0.4, 0.5) is 0 Å². The molecule has 0 fully saturated rings. The van der Waals surface area contributed by atoms with Crippen molar-refractivity contribution in [3.8, 4) is 0 Å². The minimum absolute atomic E-state index is 0.0359. The fourth-order valence-electron chi connectivity index (χ4n) is 1.06. The smallest absolute Gasteiger partial charge is 0.327 e. The first-order valence-corrected chi connectivity index (χ1v) is 8.23. The molecule has 2 atom stereocenters. The lowest BCUT2D eigenvalue weighted by Gasteiger charge is -2.14. The molecule has 9 heteroatoms. The highest BCUT2D eigenvalue weighted by atomic mass is 33.1. The van der Waals surface area contributed by atoms with Gasteiger partial charge in [0, 0.05) is 17.9 Å². The predicted molar refractivity (Wildman–Crippen MR) is 79.5 cm³/mol. The second kappa shape index (κ2) is 10.6. The number of aliphatic carboxylic acids is 2. The van der Waals surface area contributed by atoms with Crippen LogP contribution in [-0.2, 0) is 14.4 Å². The number of carboxylic acid groups (broad SMARTS) is 2. The summed E-state index contributed by atoms with van der Waals surface area (Å²) in [4.78, 5) is 33.0. The maximum atomic E-state index is 11.5. The minimum Gasteiger partial charge on any atom is -0.480 e. The zero-order chi connectivity index (χ0) is 15.5. The summed E-state index contributed by atoms with van der Waals surface area (Å²) in [6, 6.07) is -2.13. The summed E-state index contributed by atoms with van der Waals surface area (Å²) in [6.45, 7) is 3.54. The van der Waals surface area contributed by atoms with Crippen LogP contribution in [0.2, 0.25) is 0 Å². The Morgan fingerprint density at radius 1 is 1.25 bits per heavy atom. The molecule has 5 N–H and O–H groups in total. The monoisotopic (exact) mass is 322 g/mol. The third-order valence-corrected chi connectivity index (χ3v) is 4.46. The van der Waals surface area contributed by atoms with Crippen molar-refractivity contribution in [2.75, 3.05) is 11.5 Å². The van der Waals surface area contributed by atoms with Gasteiger partial charge in [0.25, 0.3) is 0 Å². The van der Waals surface area contributed by atoms with E-state index >= 15 is 0 Å². The van der Waals surface area contributed by atoms with Gasteiger partial charge in [-0.05, 0) is 6.42 Å². The average molecular weight is 322 g/mol. The van der Waals surface area contributed by atoms with Crippen LogP contribution in [0.1, 0.15) is 12.8 Å². The summed E-state index contributed by atoms with van der Waals surface area (Å²) >= 11 is 0. The number of carbonyl (C=O) groups is 3. The van der Waals surface area contributed by atoms with Crippen molar-refractivity contribution in [3.05, 3.63) is 12.7 Å². The Labute approximate surface area is 124 Å². The molecule has 0 bridgehead atoms. The molecule has 7 nitrogen and oxygen atoms in total. The highest BCUT2D eigenvalue weighted by Crippen LogP contribution is 2.21. The van der Waals surface area contributed by atoms with Crippen molar-refractivity contribution in [2.24, 2.45) is 5.73 Å². The summed E-state index contributed by atoms with van der Waals surface area (Å²) in [5.74, 6) is -1.96. The summed E-state index contributed by atoms with van der Waals surface area (Å²) in [5.41, 5.74) is 5.26. The van der Waals surface area contributed by atoms with Crippen LogP contribution >= 0.6 is 21.6 Å². The molecule has 0 spiro atoms. The number of hydrogen-bond donors (Lipinski definition) is 4. The first kappa shape index (κ1) is 18.8. The van der Waals surface area contributed by atoms with E-state index in [1.165, 1.54) is 21.6 Å². The van der Waals surface area contributed by atoms with Gasteiger partial charge in [0.15, 0.2) is 0 Å². The second-order valence-corrected chi connectivity index (χ2v) is 6.35. The highest BCUT2D eigenvalue weighted by molar-refractivity contribution is 8.76. The predicted octanol–water partition coefficient (Wildman–Crippen LogP) is 0.315. The zero-order valence-electron chi connectivity index (χ0n) is 10.8. The Bertz CT molecular complexity index is 365. The number of rotatable bonds is 11. The molecule has 1 amide bonds. The van der Waals surface area contributed by atoms with Crippen molar-refractivity contribution in [1.82, 2.24) is 5.32 Å². The summed E-state index contributed by atoms with van der Waals surface area (Å²) < 4.78 is 0. The molecule has 0 radical (unpaired) electrons. The Balaban J connectivity index is 4.10. The van der Waals surface area contributed by atoms with Gasteiger partial charge in [-0.3, -0.25) is 9.59 Å². The maximum Gasteiger partial charge on any atom is 0.327 e. The molecule has 0 saturated carbocycles. The molecule has 0 aromatic carbocycles. The van der Waals surface area contributed by atoms with Gasteiger partial charge in [-0.25, -0.2) is 4.79 Å². The molecular formula is C11H18N2O5S2. The molecule has 0 heterocycles. The van der Waals surface area contributed by atoms with E-state index in [1.54, 1.807) is 6.08 Å². The third kappa shape index (κ3) is 8.83. The normalized spacial score (nSPS) is 13.2. The Kier molecular flexibility index (Phi) is 9.95. The number of carbonyl (C=O) groups excluding carboxylic acids is 1. The third-order valence-electron chi connectivity index (χ3n) is 2.14. The van der Waals surface area contributed by atoms with E-state index < -0.39 is 29.9 Å². The van der Waals surface area contributed by atoms with Crippen LogP contribution in [0, 0.1) is 0 Å². The SMILES string of the molecule is C=CCSSC[C@H](NC(=O)CC[C@H](N)C(=O)O)C(=O)O. The Hall–Kier alpha value is -1.19.